The van der Waals surface area contributed by atoms with Gasteiger partial charge in [-0.1, -0.05) is 31.2 Å². The van der Waals surface area contributed by atoms with Crippen LogP contribution < -0.4 is 5.32 Å². The van der Waals surface area contributed by atoms with Crippen LogP contribution in [0.25, 0.3) is 0 Å². The zero-order chi connectivity index (χ0) is 13.6. The summed E-state index contributed by atoms with van der Waals surface area (Å²) in [6.45, 7) is 4.65. The van der Waals surface area contributed by atoms with E-state index in [1.807, 2.05) is 19.1 Å². The summed E-state index contributed by atoms with van der Waals surface area (Å²) in [6, 6.07) is 7.35. The van der Waals surface area contributed by atoms with Crippen LogP contribution in [0, 0.1) is 0 Å². The predicted molar refractivity (Wildman–Crippen MR) is 64.1 cm³/mol. The molecule has 1 aromatic carbocycles. The number of hydrogen-bond donors (Lipinski definition) is 1. The monoisotopic (exact) mass is 261 g/mol. The van der Waals surface area contributed by atoms with Gasteiger partial charge < -0.3 is 10.1 Å². The first-order valence-electron chi connectivity index (χ1n) is 5.90. The molecule has 1 N–H and O–H groups in total. The van der Waals surface area contributed by atoms with Crippen molar-refractivity contribution in [3.63, 3.8) is 0 Å². The highest BCUT2D eigenvalue weighted by Crippen LogP contribution is 2.23. The van der Waals surface area contributed by atoms with Crippen LogP contribution in [0.3, 0.4) is 0 Å². The van der Waals surface area contributed by atoms with E-state index in [0.717, 1.165) is 31.1 Å². The highest BCUT2D eigenvalue weighted by molar-refractivity contribution is 5.21. The minimum absolute atomic E-state index is 0.0256. The topological polar surface area (TPSA) is 21.3 Å². The molecule has 0 bridgehead atoms. The Morgan fingerprint density at radius 1 is 1.17 bits per heavy atom. The molecular weight excluding hydrogens is 243 g/mol. The van der Waals surface area contributed by atoms with E-state index in [2.05, 4.69) is 5.32 Å². The third-order valence-corrected chi connectivity index (χ3v) is 2.56. The van der Waals surface area contributed by atoms with Crippen molar-refractivity contribution in [2.75, 3.05) is 6.54 Å². The Balaban J connectivity index is 2.44. The van der Waals surface area contributed by atoms with E-state index in [-0.39, 0.29) is 6.61 Å². The summed E-state index contributed by atoms with van der Waals surface area (Å²) >= 11 is 0. The molecule has 0 amide bonds. The summed E-state index contributed by atoms with van der Waals surface area (Å²) in [5, 5.41) is 3.17. The maximum atomic E-state index is 12.2. The largest absolute Gasteiger partial charge is 0.414 e. The fraction of sp³-hybridized carbons (Fsp3) is 0.538. The fourth-order valence-corrected chi connectivity index (χ4v) is 1.34. The van der Waals surface area contributed by atoms with Crippen LogP contribution in [0.2, 0.25) is 0 Å². The van der Waals surface area contributed by atoms with E-state index >= 15 is 0 Å². The van der Waals surface area contributed by atoms with Gasteiger partial charge in [0.2, 0.25) is 0 Å². The van der Waals surface area contributed by atoms with Crippen molar-refractivity contribution in [3.05, 3.63) is 35.4 Å². The van der Waals surface area contributed by atoms with Gasteiger partial charge in [-0.05, 0) is 24.6 Å². The van der Waals surface area contributed by atoms with Gasteiger partial charge in [0.25, 0.3) is 0 Å². The van der Waals surface area contributed by atoms with Crippen LogP contribution in [0.4, 0.5) is 13.2 Å². The van der Waals surface area contributed by atoms with Gasteiger partial charge in [-0.25, -0.2) is 0 Å². The van der Waals surface area contributed by atoms with E-state index in [9.17, 15) is 13.2 Å². The Labute approximate surface area is 105 Å². The van der Waals surface area contributed by atoms with Gasteiger partial charge >= 0.3 is 6.18 Å². The summed E-state index contributed by atoms with van der Waals surface area (Å²) in [6.07, 6.45) is -6.04. The van der Waals surface area contributed by atoms with E-state index in [1.165, 1.54) is 0 Å². The molecule has 1 atom stereocenters. The molecule has 0 aliphatic rings. The zero-order valence-corrected chi connectivity index (χ0v) is 10.6. The minimum atomic E-state index is -4.30. The van der Waals surface area contributed by atoms with Gasteiger partial charge in [-0.2, -0.15) is 13.2 Å². The molecule has 0 saturated carbocycles. The summed E-state index contributed by atoms with van der Waals surface area (Å²) in [4.78, 5) is 0. The number of halogens is 3. The van der Waals surface area contributed by atoms with Crippen LogP contribution in [-0.2, 0) is 17.9 Å². The first-order chi connectivity index (χ1) is 8.43. The number of hydrogen-bond acceptors (Lipinski definition) is 2. The molecule has 18 heavy (non-hydrogen) atoms. The lowest BCUT2D eigenvalue weighted by atomic mass is 10.1. The Morgan fingerprint density at radius 3 is 2.22 bits per heavy atom. The normalized spacial score (nSPS) is 13.6. The van der Waals surface area contributed by atoms with Gasteiger partial charge in [-0.15, -0.1) is 0 Å². The third kappa shape index (κ3) is 5.06. The lowest BCUT2D eigenvalue weighted by Gasteiger charge is -2.16. The van der Waals surface area contributed by atoms with E-state index < -0.39 is 12.3 Å². The van der Waals surface area contributed by atoms with Crippen LogP contribution in [0.1, 0.15) is 25.0 Å². The molecule has 1 aromatic rings. The summed E-state index contributed by atoms with van der Waals surface area (Å²) in [5.74, 6) is 0. The summed E-state index contributed by atoms with van der Waals surface area (Å²) in [7, 11) is 0. The smallest absolute Gasteiger partial charge is 0.364 e. The highest BCUT2D eigenvalue weighted by Gasteiger charge is 2.36. The second kappa shape index (κ2) is 6.75. The molecule has 1 rings (SSSR count). The van der Waals surface area contributed by atoms with E-state index in [0.29, 0.717) is 0 Å². The summed E-state index contributed by atoms with van der Waals surface area (Å²) < 4.78 is 41.4. The second-order valence-electron chi connectivity index (χ2n) is 4.09. The number of nitrogens with one attached hydrogen (secondary N) is 1. The standard InChI is InChI=1S/C13H18F3NO/c1-3-17-8-11-4-6-12(7-5-11)9-18-10(2)13(14,15)16/h4-7,10,17H,3,8-9H2,1-2H3. The molecule has 0 heterocycles. The zero-order valence-electron chi connectivity index (χ0n) is 10.6. The molecule has 0 fully saturated rings. The van der Waals surface area contributed by atoms with Crippen LogP contribution in [0.5, 0.6) is 0 Å². The van der Waals surface area contributed by atoms with Crippen molar-refractivity contribution in [2.24, 2.45) is 0 Å². The molecule has 0 saturated heterocycles. The van der Waals surface area contributed by atoms with E-state index in [4.69, 9.17) is 4.74 Å². The first-order valence-corrected chi connectivity index (χ1v) is 5.90. The molecule has 0 radical (unpaired) electrons. The lowest BCUT2D eigenvalue weighted by Crippen LogP contribution is -2.28. The number of ether oxygens (including phenoxy) is 1. The van der Waals surface area contributed by atoms with Crippen molar-refractivity contribution < 1.29 is 17.9 Å². The Hall–Kier alpha value is -1.07. The first kappa shape index (κ1) is 15.0. The number of rotatable bonds is 6. The van der Waals surface area contributed by atoms with Crippen molar-refractivity contribution in [1.82, 2.24) is 5.32 Å². The number of alkyl halides is 3. The molecule has 0 spiro atoms. The van der Waals surface area contributed by atoms with Crippen molar-refractivity contribution in [2.45, 2.75) is 39.3 Å². The number of benzene rings is 1. The maximum absolute atomic E-state index is 12.2. The van der Waals surface area contributed by atoms with Gasteiger partial charge in [0, 0.05) is 6.54 Å². The molecule has 5 heteroatoms. The molecule has 1 unspecified atom stereocenters. The average molecular weight is 261 g/mol. The van der Waals surface area contributed by atoms with Gasteiger partial charge in [0.15, 0.2) is 6.10 Å². The van der Waals surface area contributed by atoms with Crippen molar-refractivity contribution in [3.8, 4) is 0 Å². The van der Waals surface area contributed by atoms with Gasteiger partial charge in [-0.3, -0.25) is 0 Å². The third-order valence-electron chi connectivity index (χ3n) is 2.56. The fourth-order valence-electron chi connectivity index (χ4n) is 1.34. The van der Waals surface area contributed by atoms with Crippen molar-refractivity contribution in [1.29, 1.82) is 0 Å². The Morgan fingerprint density at radius 2 is 1.72 bits per heavy atom. The predicted octanol–water partition coefficient (Wildman–Crippen LogP) is 3.26. The van der Waals surface area contributed by atoms with Crippen LogP contribution in [0.15, 0.2) is 24.3 Å². The summed E-state index contributed by atoms with van der Waals surface area (Å²) in [5.41, 5.74) is 1.84. The molecule has 2 nitrogen and oxygen atoms in total. The molecule has 0 aromatic heterocycles. The SMILES string of the molecule is CCNCc1ccc(COC(C)C(F)(F)F)cc1. The maximum Gasteiger partial charge on any atom is 0.414 e. The Kier molecular flexibility index (Phi) is 5.62. The van der Waals surface area contributed by atoms with E-state index in [1.54, 1.807) is 12.1 Å². The molecule has 0 aliphatic heterocycles. The second-order valence-corrected chi connectivity index (χ2v) is 4.09. The van der Waals surface area contributed by atoms with Crippen LogP contribution in [-0.4, -0.2) is 18.8 Å². The van der Waals surface area contributed by atoms with Crippen LogP contribution >= 0.6 is 0 Å². The van der Waals surface area contributed by atoms with Crippen molar-refractivity contribution >= 4 is 0 Å². The molecule has 102 valence electrons. The molecular formula is C13H18F3NO. The van der Waals surface area contributed by atoms with Gasteiger partial charge in [0.05, 0.1) is 6.61 Å². The van der Waals surface area contributed by atoms with Gasteiger partial charge in [0.1, 0.15) is 0 Å². The highest BCUT2D eigenvalue weighted by atomic mass is 19.4. The quantitative estimate of drug-likeness (QED) is 0.848. The minimum Gasteiger partial charge on any atom is -0.364 e. The molecule has 0 aliphatic carbocycles. The average Bonchev–Trinajstić information content (AvgIpc) is 2.33. The Bertz CT molecular complexity index is 348. The lowest BCUT2D eigenvalue weighted by molar-refractivity contribution is -0.217.